The molecular weight excluding hydrogens is 266 g/mol. The molecule has 0 fully saturated rings. The summed E-state index contributed by atoms with van der Waals surface area (Å²) in [6.45, 7) is 6.96. The molecule has 19 heavy (non-hydrogen) atoms. The van der Waals surface area contributed by atoms with Crippen LogP contribution in [0.3, 0.4) is 0 Å². The number of amides is 1. The third-order valence-electron chi connectivity index (χ3n) is 2.29. The lowest BCUT2D eigenvalue weighted by Crippen LogP contribution is -2.27. The second-order valence-corrected chi connectivity index (χ2v) is 4.55. The summed E-state index contributed by atoms with van der Waals surface area (Å²) < 4.78 is 10.4. The van der Waals surface area contributed by atoms with Gasteiger partial charge in [0.1, 0.15) is 5.75 Å². The van der Waals surface area contributed by atoms with E-state index in [1.165, 1.54) is 7.11 Å². The first-order valence-electron chi connectivity index (χ1n) is 5.88. The summed E-state index contributed by atoms with van der Waals surface area (Å²) in [5, 5.41) is 3.23. The maximum atomic E-state index is 12.0. The van der Waals surface area contributed by atoms with Gasteiger partial charge in [-0.1, -0.05) is 23.8 Å². The average Bonchev–Trinajstić information content (AvgIpc) is 2.37. The van der Waals surface area contributed by atoms with Crippen LogP contribution in [0.2, 0.25) is 5.02 Å². The molecule has 5 heteroatoms. The zero-order valence-corrected chi connectivity index (χ0v) is 11.9. The number of carbonyl (C=O) groups is 1. The van der Waals surface area contributed by atoms with E-state index < -0.39 is 0 Å². The van der Waals surface area contributed by atoms with Crippen molar-refractivity contribution in [3.8, 4) is 5.75 Å². The SMILES string of the molecule is C=C(C)COCCNC(=O)c1cc(Cl)ccc1OC. The van der Waals surface area contributed by atoms with E-state index in [1.807, 2.05) is 6.92 Å². The van der Waals surface area contributed by atoms with Gasteiger partial charge < -0.3 is 14.8 Å². The van der Waals surface area contributed by atoms with Crippen LogP contribution in [-0.4, -0.2) is 32.8 Å². The molecule has 0 spiro atoms. The molecule has 0 radical (unpaired) electrons. The van der Waals surface area contributed by atoms with Crippen molar-refractivity contribution in [2.75, 3.05) is 26.9 Å². The van der Waals surface area contributed by atoms with Crippen LogP contribution in [0.1, 0.15) is 17.3 Å². The third-order valence-corrected chi connectivity index (χ3v) is 2.52. The van der Waals surface area contributed by atoms with Crippen LogP contribution in [0.4, 0.5) is 0 Å². The van der Waals surface area contributed by atoms with Crippen LogP contribution in [0.25, 0.3) is 0 Å². The maximum Gasteiger partial charge on any atom is 0.255 e. The minimum Gasteiger partial charge on any atom is -0.496 e. The lowest BCUT2D eigenvalue weighted by atomic mass is 10.2. The van der Waals surface area contributed by atoms with Gasteiger partial charge in [0.25, 0.3) is 5.91 Å². The number of nitrogens with one attached hydrogen (secondary N) is 1. The number of hydrogen-bond acceptors (Lipinski definition) is 3. The Balaban J connectivity index is 2.49. The molecule has 0 aliphatic heterocycles. The van der Waals surface area contributed by atoms with Crippen molar-refractivity contribution in [1.29, 1.82) is 0 Å². The van der Waals surface area contributed by atoms with Crippen molar-refractivity contribution < 1.29 is 14.3 Å². The molecule has 0 aliphatic carbocycles. The molecule has 1 amide bonds. The quantitative estimate of drug-likeness (QED) is 0.618. The predicted molar refractivity (Wildman–Crippen MR) is 76.0 cm³/mol. The second kappa shape index (κ2) is 7.81. The Bertz CT molecular complexity index is 460. The van der Waals surface area contributed by atoms with E-state index in [1.54, 1.807) is 18.2 Å². The Morgan fingerprint density at radius 3 is 2.84 bits per heavy atom. The van der Waals surface area contributed by atoms with Gasteiger partial charge in [0.15, 0.2) is 0 Å². The Morgan fingerprint density at radius 1 is 1.47 bits per heavy atom. The van der Waals surface area contributed by atoms with Crippen LogP contribution in [0, 0.1) is 0 Å². The molecular formula is C14H18ClNO3. The molecule has 1 aromatic rings. The molecule has 0 atom stereocenters. The number of rotatable bonds is 7. The largest absolute Gasteiger partial charge is 0.496 e. The van der Waals surface area contributed by atoms with Crippen LogP contribution >= 0.6 is 11.6 Å². The van der Waals surface area contributed by atoms with Crippen LogP contribution < -0.4 is 10.1 Å². The van der Waals surface area contributed by atoms with Gasteiger partial charge in [-0.15, -0.1) is 0 Å². The molecule has 0 aromatic heterocycles. The molecule has 0 saturated carbocycles. The molecule has 0 saturated heterocycles. The number of ether oxygens (including phenoxy) is 2. The molecule has 4 nitrogen and oxygen atoms in total. The molecule has 104 valence electrons. The number of carbonyl (C=O) groups excluding carboxylic acids is 1. The van der Waals surface area contributed by atoms with Crippen molar-refractivity contribution in [2.24, 2.45) is 0 Å². The Morgan fingerprint density at radius 2 is 2.21 bits per heavy atom. The first kappa shape index (κ1) is 15.5. The van der Waals surface area contributed by atoms with Crippen molar-refractivity contribution in [3.05, 3.63) is 40.9 Å². The van der Waals surface area contributed by atoms with E-state index in [-0.39, 0.29) is 5.91 Å². The molecule has 1 aromatic carbocycles. The fourth-order valence-corrected chi connectivity index (χ4v) is 1.61. The van der Waals surface area contributed by atoms with Gasteiger partial charge in [0.2, 0.25) is 0 Å². The van der Waals surface area contributed by atoms with E-state index in [2.05, 4.69) is 11.9 Å². The predicted octanol–water partition coefficient (Wildman–Crippen LogP) is 2.67. The molecule has 0 bridgehead atoms. The highest BCUT2D eigenvalue weighted by molar-refractivity contribution is 6.31. The average molecular weight is 284 g/mol. The zero-order chi connectivity index (χ0) is 14.3. The van der Waals surface area contributed by atoms with E-state index in [4.69, 9.17) is 21.1 Å². The summed E-state index contributed by atoms with van der Waals surface area (Å²) in [6.07, 6.45) is 0. The Hall–Kier alpha value is -1.52. The summed E-state index contributed by atoms with van der Waals surface area (Å²) in [5.74, 6) is 0.253. The van der Waals surface area contributed by atoms with Crippen LogP contribution in [0.5, 0.6) is 5.75 Å². The Labute approximate surface area is 118 Å². The summed E-state index contributed by atoms with van der Waals surface area (Å²) in [6, 6.07) is 4.91. The van der Waals surface area contributed by atoms with Crippen molar-refractivity contribution in [1.82, 2.24) is 5.32 Å². The molecule has 0 heterocycles. The first-order valence-corrected chi connectivity index (χ1v) is 6.26. The van der Waals surface area contributed by atoms with Gasteiger partial charge in [-0.25, -0.2) is 0 Å². The highest BCUT2D eigenvalue weighted by Gasteiger charge is 2.12. The van der Waals surface area contributed by atoms with Crippen LogP contribution in [-0.2, 0) is 4.74 Å². The van der Waals surface area contributed by atoms with Crippen molar-refractivity contribution in [3.63, 3.8) is 0 Å². The van der Waals surface area contributed by atoms with Crippen LogP contribution in [0.15, 0.2) is 30.4 Å². The first-order chi connectivity index (χ1) is 9.04. The maximum absolute atomic E-state index is 12.0. The lowest BCUT2D eigenvalue weighted by Gasteiger charge is -2.10. The fraction of sp³-hybridized carbons (Fsp3) is 0.357. The number of methoxy groups -OCH3 is 1. The molecule has 0 aliphatic rings. The van der Waals surface area contributed by atoms with Gasteiger partial charge in [-0.05, 0) is 25.1 Å². The smallest absolute Gasteiger partial charge is 0.255 e. The Kier molecular flexibility index (Phi) is 6.39. The summed E-state index contributed by atoms with van der Waals surface area (Å²) >= 11 is 5.87. The monoisotopic (exact) mass is 283 g/mol. The normalized spacial score (nSPS) is 10.1. The number of halogens is 1. The standard InChI is InChI=1S/C14H18ClNO3/c1-10(2)9-19-7-6-16-14(17)12-8-11(15)4-5-13(12)18-3/h4-5,8H,1,6-7,9H2,2-3H3,(H,16,17). The minimum atomic E-state index is -0.238. The van der Waals surface area contributed by atoms with E-state index >= 15 is 0 Å². The van der Waals surface area contributed by atoms with Crippen molar-refractivity contribution in [2.45, 2.75) is 6.92 Å². The van der Waals surface area contributed by atoms with Gasteiger partial charge in [0, 0.05) is 11.6 Å². The van der Waals surface area contributed by atoms with Gasteiger partial charge in [-0.3, -0.25) is 4.79 Å². The lowest BCUT2D eigenvalue weighted by molar-refractivity contribution is 0.0924. The molecule has 0 unspecified atom stereocenters. The van der Waals surface area contributed by atoms with E-state index in [9.17, 15) is 4.79 Å². The van der Waals surface area contributed by atoms with Gasteiger partial charge in [-0.2, -0.15) is 0 Å². The summed E-state index contributed by atoms with van der Waals surface area (Å²) in [5.41, 5.74) is 1.36. The second-order valence-electron chi connectivity index (χ2n) is 4.11. The third kappa shape index (κ3) is 5.32. The van der Waals surface area contributed by atoms with E-state index in [0.717, 1.165) is 5.57 Å². The van der Waals surface area contributed by atoms with Crippen molar-refractivity contribution >= 4 is 17.5 Å². The highest BCUT2D eigenvalue weighted by atomic mass is 35.5. The number of hydrogen-bond donors (Lipinski definition) is 1. The zero-order valence-electron chi connectivity index (χ0n) is 11.2. The highest BCUT2D eigenvalue weighted by Crippen LogP contribution is 2.22. The fourth-order valence-electron chi connectivity index (χ4n) is 1.44. The topological polar surface area (TPSA) is 47.6 Å². The van der Waals surface area contributed by atoms with E-state index in [0.29, 0.717) is 36.1 Å². The van der Waals surface area contributed by atoms with Gasteiger partial charge in [0.05, 0.1) is 25.9 Å². The van der Waals surface area contributed by atoms with Gasteiger partial charge >= 0.3 is 0 Å². The molecule has 1 N–H and O–H groups in total. The number of benzene rings is 1. The summed E-state index contributed by atoms with van der Waals surface area (Å²) in [7, 11) is 1.51. The summed E-state index contributed by atoms with van der Waals surface area (Å²) in [4.78, 5) is 12.0. The minimum absolute atomic E-state index is 0.238. The molecule has 1 rings (SSSR count).